The summed E-state index contributed by atoms with van der Waals surface area (Å²) in [5, 5.41) is 3.77. The number of rotatable bonds is 5. The van der Waals surface area contributed by atoms with Crippen LogP contribution in [0.3, 0.4) is 0 Å². The average Bonchev–Trinajstić information content (AvgIpc) is 3.13. The van der Waals surface area contributed by atoms with Gasteiger partial charge in [-0.1, -0.05) is 31.9 Å². The molecule has 0 saturated heterocycles. The minimum Gasteiger partial charge on any atom is -0.493 e. The van der Waals surface area contributed by atoms with Crippen molar-refractivity contribution in [3.63, 3.8) is 0 Å². The van der Waals surface area contributed by atoms with E-state index < -0.39 is 0 Å². The van der Waals surface area contributed by atoms with Gasteiger partial charge in [0.05, 0.1) is 12.6 Å². The van der Waals surface area contributed by atoms with Crippen molar-refractivity contribution in [3.05, 3.63) is 29.3 Å². The second-order valence-electron chi connectivity index (χ2n) is 6.66. The van der Waals surface area contributed by atoms with Crippen molar-refractivity contribution in [3.8, 4) is 5.75 Å². The molecule has 0 amide bonds. The SMILES string of the molecule is CCNC(c1ccc2c(c1)CCO2)C1(N(C)C)CCCC1. The Bertz CT molecular complexity index is 492. The van der Waals surface area contributed by atoms with Crippen LogP contribution in [-0.4, -0.2) is 37.7 Å². The number of hydrogen-bond donors (Lipinski definition) is 1. The van der Waals surface area contributed by atoms with Gasteiger partial charge in [-0.25, -0.2) is 0 Å². The maximum atomic E-state index is 5.66. The molecule has 0 bridgehead atoms. The fourth-order valence-corrected chi connectivity index (χ4v) is 4.19. The van der Waals surface area contributed by atoms with E-state index in [1.807, 2.05) is 0 Å². The summed E-state index contributed by atoms with van der Waals surface area (Å²) in [5.41, 5.74) is 3.06. The summed E-state index contributed by atoms with van der Waals surface area (Å²) in [6.07, 6.45) is 6.30. The number of hydrogen-bond acceptors (Lipinski definition) is 3. The minimum atomic E-state index is 0.254. The molecule has 1 aliphatic heterocycles. The molecule has 0 spiro atoms. The molecular formula is C18H28N2O. The molecule has 1 unspecified atom stereocenters. The van der Waals surface area contributed by atoms with Crippen LogP contribution in [-0.2, 0) is 6.42 Å². The molecule has 1 fully saturated rings. The van der Waals surface area contributed by atoms with Gasteiger partial charge in [0.15, 0.2) is 0 Å². The van der Waals surface area contributed by atoms with E-state index in [1.54, 1.807) is 0 Å². The van der Waals surface area contributed by atoms with Crippen molar-refractivity contribution in [1.29, 1.82) is 0 Å². The number of benzene rings is 1. The van der Waals surface area contributed by atoms with E-state index in [4.69, 9.17) is 4.74 Å². The molecule has 0 radical (unpaired) electrons. The van der Waals surface area contributed by atoms with Crippen LogP contribution in [0, 0.1) is 0 Å². The van der Waals surface area contributed by atoms with E-state index in [9.17, 15) is 0 Å². The Hall–Kier alpha value is -1.06. The first-order valence-electron chi connectivity index (χ1n) is 8.34. The second-order valence-corrected chi connectivity index (χ2v) is 6.66. The van der Waals surface area contributed by atoms with Gasteiger partial charge in [-0.05, 0) is 50.7 Å². The van der Waals surface area contributed by atoms with E-state index in [-0.39, 0.29) is 5.54 Å². The van der Waals surface area contributed by atoms with E-state index >= 15 is 0 Å². The number of nitrogens with one attached hydrogen (secondary N) is 1. The van der Waals surface area contributed by atoms with Crippen LogP contribution in [0.25, 0.3) is 0 Å². The lowest BCUT2D eigenvalue weighted by Gasteiger charge is -2.44. The molecular weight excluding hydrogens is 260 g/mol. The van der Waals surface area contributed by atoms with Crippen LogP contribution in [0.1, 0.15) is 49.8 Å². The van der Waals surface area contributed by atoms with Crippen LogP contribution in [0.4, 0.5) is 0 Å². The van der Waals surface area contributed by atoms with Crippen molar-refractivity contribution in [1.82, 2.24) is 10.2 Å². The zero-order chi connectivity index (χ0) is 14.9. The summed E-state index contributed by atoms with van der Waals surface area (Å²) in [7, 11) is 4.48. The molecule has 2 aliphatic rings. The molecule has 1 aliphatic carbocycles. The second kappa shape index (κ2) is 5.98. The summed E-state index contributed by atoms with van der Waals surface area (Å²) in [4.78, 5) is 2.46. The van der Waals surface area contributed by atoms with Crippen LogP contribution in [0.5, 0.6) is 5.75 Å². The first-order valence-corrected chi connectivity index (χ1v) is 8.34. The molecule has 21 heavy (non-hydrogen) atoms. The standard InChI is InChI=1S/C18H28N2O/c1-4-19-17(18(20(2)3)10-5-6-11-18)15-7-8-16-14(13-15)9-12-21-16/h7-8,13,17,19H,4-6,9-12H2,1-3H3. The quantitative estimate of drug-likeness (QED) is 0.901. The Morgan fingerprint density at radius 1 is 1.29 bits per heavy atom. The molecule has 1 N–H and O–H groups in total. The van der Waals surface area contributed by atoms with Gasteiger partial charge in [-0.2, -0.15) is 0 Å². The Labute approximate surface area is 128 Å². The van der Waals surface area contributed by atoms with Gasteiger partial charge in [0.2, 0.25) is 0 Å². The Morgan fingerprint density at radius 2 is 2.05 bits per heavy atom. The predicted molar refractivity (Wildman–Crippen MR) is 86.9 cm³/mol. The van der Waals surface area contributed by atoms with Gasteiger partial charge in [0.25, 0.3) is 0 Å². The van der Waals surface area contributed by atoms with Gasteiger partial charge >= 0.3 is 0 Å². The van der Waals surface area contributed by atoms with Gasteiger partial charge in [-0.3, -0.25) is 0 Å². The van der Waals surface area contributed by atoms with Crippen LogP contribution in [0.2, 0.25) is 0 Å². The molecule has 116 valence electrons. The zero-order valence-electron chi connectivity index (χ0n) is 13.6. The van der Waals surface area contributed by atoms with Gasteiger partial charge < -0.3 is 15.0 Å². The van der Waals surface area contributed by atoms with Gasteiger partial charge in [-0.15, -0.1) is 0 Å². The van der Waals surface area contributed by atoms with Crippen molar-refractivity contribution in [2.75, 3.05) is 27.2 Å². The third kappa shape index (κ3) is 2.58. The average molecular weight is 288 g/mol. The number of fused-ring (bicyclic) bond motifs is 1. The molecule has 3 rings (SSSR count). The highest BCUT2D eigenvalue weighted by Crippen LogP contribution is 2.44. The normalized spacial score (nSPS) is 21.3. The summed E-state index contributed by atoms with van der Waals surface area (Å²) in [6, 6.07) is 7.21. The van der Waals surface area contributed by atoms with Crippen molar-refractivity contribution in [2.24, 2.45) is 0 Å². The lowest BCUT2D eigenvalue weighted by Crippen LogP contribution is -2.52. The number of ether oxygens (including phenoxy) is 1. The Kier molecular flexibility index (Phi) is 4.23. The molecule has 1 aromatic rings. The van der Waals surface area contributed by atoms with Crippen LogP contribution in [0.15, 0.2) is 18.2 Å². The molecule has 3 heteroatoms. The molecule has 1 atom stereocenters. The van der Waals surface area contributed by atoms with Crippen LogP contribution < -0.4 is 10.1 Å². The maximum absolute atomic E-state index is 5.66. The molecule has 1 aromatic carbocycles. The van der Waals surface area contributed by atoms with E-state index in [0.717, 1.165) is 25.3 Å². The van der Waals surface area contributed by atoms with E-state index in [2.05, 4.69) is 49.4 Å². The first kappa shape index (κ1) is 14.9. The lowest BCUT2D eigenvalue weighted by molar-refractivity contribution is 0.105. The largest absolute Gasteiger partial charge is 0.493 e. The predicted octanol–water partition coefficient (Wildman–Crippen LogP) is 3.15. The van der Waals surface area contributed by atoms with Crippen molar-refractivity contribution >= 4 is 0 Å². The minimum absolute atomic E-state index is 0.254. The van der Waals surface area contributed by atoms with Gasteiger partial charge in [0, 0.05) is 12.0 Å². The number of likely N-dealkylation sites (N-methyl/N-ethyl adjacent to an activating group) is 2. The summed E-state index contributed by atoms with van der Waals surface area (Å²) >= 11 is 0. The summed E-state index contributed by atoms with van der Waals surface area (Å²) in [6.45, 7) is 4.05. The molecule has 3 nitrogen and oxygen atoms in total. The fourth-order valence-electron chi connectivity index (χ4n) is 4.19. The molecule has 1 heterocycles. The smallest absolute Gasteiger partial charge is 0.122 e. The van der Waals surface area contributed by atoms with E-state index in [0.29, 0.717) is 6.04 Å². The zero-order valence-corrected chi connectivity index (χ0v) is 13.6. The highest BCUT2D eigenvalue weighted by atomic mass is 16.5. The maximum Gasteiger partial charge on any atom is 0.122 e. The molecule has 0 aromatic heterocycles. The Morgan fingerprint density at radius 3 is 2.71 bits per heavy atom. The monoisotopic (exact) mass is 288 g/mol. The van der Waals surface area contributed by atoms with Crippen molar-refractivity contribution < 1.29 is 4.74 Å². The topological polar surface area (TPSA) is 24.5 Å². The lowest BCUT2D eigenvalue weighted by atomic mass is 9.82. The Balaban J connectivity index is 1.97. The fraction of sp³-hybridized carbons (Fsp3) is 0.667. The highest BCUT2D eigenvalue weighted by molar-refractivity contribution is 5.41. The van der Waals surface area contributed by atoms with Crippen molar-refractivity contribution in [2.45, 2.75) is 50.6 Å². The summed E-state index contributed by atoms with van der Waals surface area (Å²) in [5.74, 6) is 1.08. The third-order valence-corrected chi connectivity index (χ3v) is 5.35. The summed E-state index contributed by atoms with van der Waals surface area (Å²) < 4.78 is 5.66. The van der Waals surface area contributed by atoms with Crippen LogP contribution >= 0.6 is 0 Å². The highest BCUT2D eigenvalue weighted by Gasteiger charge is 2.43. The molecule has 1 saturated carbocycles. The van der Waals surface area contributed by atoms with E-state index in [1.165, 1.54) is 36.8 Å². The number of nitrogens with zero attached hydrogens (tertiary/aromatic N) is 1. The third-order valence-electron chi connectivity index (χ3n) is 5.35. The van der Waals surface area contributed by atoms with Gasteiger partial charge in [0.1, 0.15) is 5.75 Å². The first-order chi connectivity index (χ1) is 10.2.